The van der Waals surface area contributed by atoms with Crippen LogP contribution in [0.15, 0.2) is 0 Å². The Bertz CT molecular complexity index is 235. The van der Waals surface area contributed by atoms with Crippen LogP contribution in [0.2, 0.25) is 0 Å². The summed E-state index contributed by atoms with van der Waals surface area (Å²) in [5.74, 6) is 1.20. The van der Waals surface area contributed by atoms with Gasteiger partial charge in [-0.15, -0.1) is 0 Å². The van der Waals surface area contributed by atoms with E-state index in [4.69, 9.17) is 10.5 Å². The van der Waals surface area contributed by atoms with Gasteiger partial charge in [-0.3, -0.25) is 4.90 Å². The number of nitrogens with two attached hydrogens (primary N) is 1. The molecule has 1 aliphatic carbocycles. The third-order valence-electron chi connectivity index (χ3n) is 3.82. The summed E-state index contributed by atoms with van der Waals surface area (Å²) in [5, 5.41) is 0.757. The van der Waals surface area contributed by atoms with Crippen LogP contribution in [0, 0.1) is 0 Å². The van der Waals surface area contributed by atoms with Gasteiger partial charge in [-0.25, -0.2) is 0 Å². The van der Waals surface area contributed by atoms with E-state index in [1.165, 1.54) is 25.0 Å². The van der Waals surface area contributed by atoms with Crippen molar-refractivity contribution >= 4 is 11.8 Å². The van der Waals surface area contributed by atoms with Crippen LogP contribution in [0.25, 0.3) is 0 Å². The second-order valence-corrected chi connectivity index (χ2v) is 6.60. The number of hydrogen-bond acceptors (Lipinski definition) is 4. The molecule has 16 heavy (non-hydrogen) atoms. The molecule has 0 aromatic rings. The quantitative estimate of drug-likeness (QED) is 0.765. The van der Waals surface area contributed by atoms with E-state index in [1.54, 1.807) is 7.11 Å². The van der Waals surface area contributed by atoms with Crippen LogP contribution >= 0.6 is 11.8 Å². The number of methoxy groups -OCH3 is 1. The van der Waals surface area contributed by atoms with Gasteiger partial charge >= 0.3 is 0 Å². The first kappa shape index (κ1) is 12.7. The topological polar surface area (TPSA) is 38.5 Å². The first-order chi connectivity index (χ1) is 7.72. The fourth-order valence-electron chi connectivity index (χ4n) is 2.79. The van der Waals surface area contributed by atoms with E-state index in [9.17, 15) is 0 Å². The maximum Gasteiger partial charge on any atom is 0.0590 e. The minimum atomic E-state index is 0.254. The van der Waals surface area contributed by atoms with E-state index in [1.807, 2.05) is 0 Å². The van der Waals surface area contributed by atoms with Gasteiger partial charge in [0.05, 0.1) is 6.61 Å². The largest absolute Gasteiger partial charge is 0.383 e. The minimum absolute atomic E-state index is 0.254. The van der Waals surface area contributed by atoms with Gasteiger partial charge in [0.25, 0.3) is 0 Å². The molecule has 1 heterocycles. The molecule has 0 aromatic heterocycles. The second kappa shape index (κ2) is 5.25. The fourth-order valence-corrected chi connectivity index (χ4v) is 4.22. The van der Waals surface area contributed by atoms with E-state index in [2.05, 4.69) is 23.6 Å². The molecule has 94 valence electrons. The molecule has 1 saturated carbocycles. The predicted molar refractivity (Wildman–Crippen MR) is 69.9 cm³/mol. The number of rotatable bonds is 6. The zero-order chi connectivity index (χ0) is 11.6. The Kier molecular flexibility index (Phi) is 4.16. The highest BCUT2D eigenvalue weighted by molar-refractivity contribution is 8.00. The Morgan fingerprint density at radius 1 is 1.50 bits per heavy atom. The average molecular weight is 244 g/mol. The molecule has 2 aliphatic rings. The number of ether oxygens (including phenoxy) is 1. The van der Waals surface area contributed by atoms with Crippen LogP contribution in [-0.2, 0) is 4.74 Å². The van der Waals surface area contributed by atoms with Gasteiger partial charge in [0.1, 0.15) is 0 Å². The summed E-state index contributed by atoms with van der Waals surface area (Å²) in [6.45, 7) is 5.00. The van der Waals surface area contributed by atoms with Crippen molar-refractivity contribution in [1.29, 1.82) is 0 Å². The van der Waals surface area contributed by atoms with E-state index < -0.39 is 0 Å². The molecule has 4 heteroatoms. The monoisotopic (exact) mass is 244 g/mol. The van der Waals surface area contributed by atoms with Crippen LogP contribution in [0.5, 0.6) is 0 Å². The van der Waals surface area contributed by atoms with Crippen molar-refractivity contribution < 1.29 is 4.74 Å². The van der Waals surface area contributed by atoms with Gasteiger partial charge in [0, 0.05) is 42.8 Å². The lowest BCUT2D eigenvalue weighted by Gasteiger charge is -2.40. The smallest absolute Gasteiger partial charge is 0.0590 e. The van der Waals surface area contributed by atoms with Crippen molar-refractivity contribution in [3.8, 4) is 0 Å². The molecule has 0 amide bonds. The molecule has 0 radical (unpaired) electrons. The highest BCUT2D eigenvalue weighted by atomic mass is 32.2. The van der Waals surface area contributed by atoms with Crippen LogP contribution in [0.4, 0.5) is 0 Å². The van der Waals surface area contributed by atoms with Crippen LogP contribution in [0.3, 0.4) is 0 Å². The Balaban J connectivity index is 2.03. The van der Waals surface area contributed by atoms with Gasteiger partial charge < -0.3 is 10.5 Å². The molecule has 2 N–H and O–H groups in total. The van der Waals surface area contributed by atoms with Crippen LogP contribution in [0.1, 0.15) is 26.2 Å². The lowest BCUT2D eigenvalue weighted by molar-refractivity contribution is 0.0654. The predicted octanol–water partition coefficient (Wildman–Crippen LogP) is 1.32. The standard InChI is InChI=1S/C12H24N2OS/c1-10-7-12(8-13,9-16-10)14(5-6-15-2)11-3-4-11/h10-11H,3-9,13H2,1-2H3. The highest BCUT2D eigenvalue weighted by Crippen LogP contribution is 2.42. The molecular weight excluding hydrogens is 220 g/mol. The zero-order valence-electron chi connectivity index (χ0n) is 10.4. The van der Waals surface area contributed by atoms with E-state index >= 15 is 0 Å². The van der Waals surface area contributed by atoms with Gasteiger partial charge in [-0.1, -0.05) is 6.92 Å². The lowest BCUT2D eigenvalue weighted by Crippen LogP contribution is -2.56. The molecule has 2 unspecified atom stereocenters. The summed E-state index contributed by atoms with van der Waals surface area (Å²) in [4.78, 5) is 2.65. The van der Waals surface area contributed by atoms with Crippen molar-refractivity contribution in [3.05, 3.63) is 0 Å². The van der Waals surface area contributed by atoms with Gasteiger partial charge in [0.15, 0.2) is 0 Å². The molecule has 0 spiro atoms. The van der Waals surface area contributed by atoms with Crippen molar-refractivity contribution in [2.24, 2.45) is 5.73 Å². The molecule has 3 nitrogen and oxygen atoms in total. The van der Waals surface area contributed by atoms with Crippen molar-refractivity contribution in [2.75, 3.05) is 32.6 Å². The minimum Gasteiger partial charge on any atom is -0.383 e. The Morgan fingerprint density at radius 3 is 2.69 bits per heavy atom. The average Bonchev–Trinajstić information content (AvgIpc) is 3.04. The van der Waals surface area contributed by atoms with Crippen LogP contribution in [-0.4, -0.2) is 54.3 Å². The first-order valence-corrected chi connectivity index (χ1v) is 7.34. The van der Waals surface area contributed by atoms with Crippen molar-refractivity contribution in [2.45, 2.75) is 43.0 Å². The maximum atomic E-state index is 6.07. The number of hydrogen-bond donors (Lipinski definition) is 1. The molecule has 2 fully saturated rings. The molecule has 1 saturated heterocycles. The molecule has 1 aliphatic heterocycles. The summed E-state index contributed by atoms with van der Waals surface area (Å²) < 4.78 is 5.24. The molecule has 2 rings (SSSR count). The summed E-state index contributed by atoms with van der Waals surface area (Å²) >= 11 is 2.07. The summed E-state index contributed by atoms with van der Waals surface area (Å²) in [6.07, 6.45) is 3.95. The van der Waals surface area contributed by atoms with Gasteiger partial charge in [-0.2, -0.15) is 11.8 Å². The van der Waals surface area contributed by atoms with Crippen molar-refractivity contribution in [1.82, 2.24) is 4.90 Å². The first-order valence-electron chi connectivity index (χ1n) is 6.29. The fraction of sp³-hybridized carbons (Fsp3) is 1.00. The van der Waals surface area contributed by atoms with Crippen LogP contribution < -0.4 is 5.73 Å². The highest BCUT2D eigenvalue weighted by Gasteiger charge is 2.47. The molecule has 2 atom stereocenters. The second-order valence-electron chi connectivity index (χ2n) is 5.17. The molecular formula is C12H24N2OS. The van der Waals surface area contributed by atoms with E-state index in [0.29, 0.717) is 0 Å². The summed E-state index contributed by atoms with van der Waals surface area (Å²) in [5.41, 5.74) is 6.33. The Labute approximate surface area is 103 Å². The normalized spacial score (nSPS) is 34.9. The summed E-state index contributed by atoms with van der Waals surface area (Å²) in [7, 11) is 1.78. The molecule has 0 aromatic carbocycles. The maximum absolute atomic E-state index is 6.07. The van der Waals surface area contributed by atoms with E-state index in [-0.39, 0.29) is 5.54 Å². The lowest BCUT2D eigenvalue weighted by atomic mass is 9.93. The zero-order valence-corrected chi connectivity index (χ0v) is 11.3. The Hall–Kier alpha value is 0.230. The van der Waals surface area contributed by atoms with E-state index in [0.717, 1.165) is 31.0 Å². The SMILES string of the molecule is COCCN(C1CC1)C1(CN)CSC(C)C1. The Morgan fingerprint density at radius 2 is 2.25 bits per heavy atom. The molecule has 0 bridgehead atoms. The number of thioether (sulfide) groups is 1. The summed E-state index contributed by atoms with van der Waals surface area (Å²) in [6, 6.07) is 0.782. The van der Waals surface area contributed by atoms with Crippen molar-refractivity contribution in [3.63, 3.8) is 0 Å². The van der Waals surface area contributed by atoms with Gasteiger partial charge in [-0.05, 0) is 19.3 Å². The number of nitrogens with zero attached hydrogens (tertiary/aromatic N) is 1. The van der Waals surface area contributed by atoms with Gasteiger partial charge in [0.2, 0.25) is 0 Å². The third kappa shape index (κ3) is 2.55. The third-order valence-corrected chi connectivity index (χ3v) is 5.26.